The third-order valence-electron chi connectivity index (χ3n) is 4.14. The minimum Gasteiger partial charge on any atom is -0.350 e. The first-order chi connectivity index (χ1) is 13.0. The summed E-state index contributed by atoms with van der Waals surface area (Å²) in [5, 5.41) is 5.85. The lowest BCUT2D eigenvalue weighted by atomic mass is 10.0. The van der Waals surface area contributed by atoms with Crippen molar-refractivity contribution in [2.45, 2.75) is 26.3 Å². The molecule has 0 aliphatic carbocycles. The van der Waals surface area contributed by atoms with E-state index < -0.39 is 0 Å². The van der Waals surface area contributed by atoms with Gasteiger partial charge in [-0.2, -0.15) is 0 Å². The predicted molar refractivity (Wildman–Crippen MR) is 104 cm³/mol. The summed E-state index contributed by atoms with van der Waals surface area (Å²) in [7, 11) is 0. The van der Waals surface area contributed by atoms with Crippen LogP contribution in [0.1, 0.15) is 41.3 Å². The Labute approximate surface area is 157 Å². The van der Waals surface area contributed by atoms with Gasteiger partial charge in [-0.15, -0.1) is 0 Å². The van der Waals surface area contributed by atoms with Crippen LogP contribution < -0.4 is 10.6 Å². The molecule has 3 aromatic rings. The molecule has 6 heteroatoms. The lowest BCUT2D eigenvalue weighted by molar-refractivity contribution is 0.102. The molecule has 27 heavy (non-hydrogen) atoms. The Morgan fingerprint density at radius 2 is 1.70 bits per heavy atom. The molecule has 5 nitrogen and oxygen atoms in total. The highest BCUT2D eigenvalue weighted by Gasteiger charge is 2.12. The molecule has 0 aliphatic rings. The molecular weight excluding hydrogens is 343 g/mol. The van der Waals surface area contributed by atoms with Gasteiger partial charge in [-0.1, -0.05) is 50.2 Å². The lowest BCUT2D eigenvalue weighted by Gasteiger charge is -2.13. The summed E-state index contributed by atoms with van der Waals surface area (Å²) in [4.78, 5) is 20.7. The monoisotopic (exact) mass is 364 g/mol. The van der Waals surface area contributed by atoms with Gasteiger partial charge in [0.1, 0.15) is 5.82 Å². The minimum atomic E-state index is -0.287. The van der Waals surface area contributed by atoms with Gasteiger partial charge in [0.2, 0.25) is 5.95 Å². The van der Waals surface area contributed by atoms with Crippen LogP contribution in [0.4, 0.5) is 16.0 Å². The number of amides is 1. The minimum absolute atomic E-state index is 0.264. The third kappa shape index (κ3) is 4.67. The standard InChI is InChI=1S/C21H21FN4O/c1-14(2)17-8-4-6-10-19(17)26-20(27)16-12-24-21(25-13-16)23-11-15-7-3-5-9-18(15)22/h3-10,12-14H,11H2,1-2H3,(H,26,27)(H,23,24,25). The Morgan fingerprint density at radius 3 is 2.41 bits per heavy atom. The molecule has 0 bridgehead atoms. The molecule has 0 fully saturated rings. The lowest BCUT2D eigenvalue weighted by Crippen LogP contribution is -2.15. The van der Waals surface area contributed by atoms with Crippen LogP contribution in [0.5, 0.6) is 0 Å². The molecule has 3 rings (SSSR count). The largest absolute Gasteiger partial charge is 0.350 e. The number of halogens is 1. The molecule has 0 radical (unpaired) electrons. The van der Waals surface area contributed by atoms with E-state index in [1.54, 1.807) is 18.2 Å². The molecule has 0 saturated carbocycles. The van der Waals surface area contributed by atoms with Crippen LogP contribution in [-0.4, -0.2) is 15.9 Å². The molecule has 1 aromatic heterocycles. The maximum Gasteiger partial charge on any atom is 0.258 e. The smallest absolute Gasteiger partial charge is 0.258 e. The summed E-state index contributed by atoms with van der Waals surface area (Å²) in [6, 6.07) is 14.2. The van der Waals surface area contributed by atoms with Crippen LogP contribution >= 0.6 is 0 Å². The fourth-order valence-corrected chi connectivity index (χ4v) is 2.66. The SMILES string of the molecule is CC(C)c1ccccc1NC(=O)c1cnc(NCc2ccccc2F)nc1. The van der Waals surface area contributed by atoms with Gasteiger partial charge in [-0.05, 0) is 23.6 Å². The summed E-state index contributed by atoms with van der Waals surface area (Å²) in [5.74, 6) is 0.0636. The zero-order chi connectivity index (χ0) is 19.2. The number of aromatic nitrogens is 2. The van der Waals surface area contributed by atoms with Crippen LogP contribution in [0.3, 0.4) is 0 Å². The van der Waals surface area contributed by atoms with E-state index >= 15 is 0 Å². The van der Waals surface area contributed by atoms with Gasteiger partial charge < -0.3 is 10.6 Å². The molecule has 2 aromatic carbocycles. The van der Waals surface area contributed by atoms with Crippen LogP contribution in [0.25, 0.3) is 0 Å². The van der Waals surface area contributed by atoms with Gasteiger partial charge in [0, 0.05) is 30.2 Å². The van der Waals surface area contributed by atoms with Crippen LogP contribution in [0, 0.1) is 5.82 Å². The molecule has 138 valence electrons. The number of anilines is 2. The zero-order valence-corrected chi connectivity index (χ0v) is 15.2. The average Bonchev–Trinajstić information content (AvgIpc) is 2.68. The van der Waals surface area contributed by atoms with Crippen LogP contribution in [0.15, 0.2) is 60.9 Å². The first kappa shape index (κ1) is 18.5. The van der Waals surface area contributed by atoms with Crippen molar-refractivity contribution in [3.63, 3.8) is 0 Å². The second-order valence-corrected chi connectivity index (χ2v) is 6.44. The quantitative estimate of drug-likeness (QED) is 0.671. The van der Waals surface area contributed by atoms with Crippen molar-refractivity contribution in [2.75, 3.05) is 10.6 Å². The van der Waals surface area contributed by atoms with Crippen molar-refractivity contribution in [3.8, 4) is 0 Å². The number of hydrogen-bond donors (Lipinski definition) is 2. The summed E-state index contributed by atoms with van der Waals surface area (Å²) in [6.07, 6.45) is 2.90. The van der Waals surface area contributed by atoms with Crippen molar-refractivity contribution < 1.29 is 9.18 Å². The Bertz CT molecular complexity index is 925. The molecule has 0 spiro atoms. The van der Waals surface area contributed by atoms with E-state index in [4.69, 9.17) is 0 Å². The molecular formula is C21H21FN4O. The van der Waals surface area contributed by atoms with Crippen molar-refractivity contribution in [1.29, 1.82) is 0 Å². The molecule has 0 unspecified atom stereocenters. The highest BCUT2D eigenvalue weighted by atomic mass is 19.1. The Morgan fingerprint density at radius 1 is 1.04 bits per heavy atom. The number of nitrogens with one attached hydrogen (secondary N) is 2. The molecule has 0 atom stereocenters. The Hall–Kier alpha value is -3.28. The second kappa shape index (κ2) is 8.40. The molecule has 1 heterocycles. The molecule has 0 saturated heterocycles. The van der Waals surface area contributed by atoms with Gasteiger partial charge >= 0.3 is 0 Å². The zero-order valence-electron chi connectivity index (χ0n) is 15.2. The van der Waals surface area contributed by atoms with Gasteiger partial charge in [-0.25, -0.2) is 14.4 Å². The first-order valence-electron chi connectivity index (χ1n) is 8.74. The van der Waals surface area contributed by atoms with Gasteiger partial charge in [0.15, 0.2) is 0 Å². The first-order valence-corrected chi connectivity index (χ1v) is 8.74. The van der Waals surface area contributed by atoms with E-state index in [9.17, 15) is 9.18 Å². The topological polar surface area (TPSA) is 66.9 Å². The average molecular weight is 364 g/mol. The van der Waals surface area contributed by atoms with Crippen molar-refractivity contribution >= 4 is 17.5 Å². The fraction of sp³-hybridized carbons (Fsp3) is 0.190. The molecule has 0 aliphatic heterocycles. The maximum absolute atomic E-state index is 13.6. The second-order valence-electron chi connectivity index (χ2n) is 6.44. The number of hydrogen-bond acceptors (Lipinski definition) is 4. The summed E-state index contributed by atoms with van der Waals surface area (Å²) < 4.78 is 13.6. The number of carbonyl (C=O) groups excluding carboxylic acids is 1. The Balaban J connectivity index is 1.65. The highest BCUT2D eigenvalue weighted by molar-refractivity contribution is 6.04. The van der Waals surface area contributed by atoms with E-state index in [1.807, 2.05) is 24.3 Å². The van der Waals surface area contributed by atoms with E-state index in [0.29, 0.717) is 23.0 Å². The van der Waals surface area contributed by atoms with Crippen molar-refractivity contribution in [3.05, 3.63) is 83.4 Å². The summed E-state index contributed by atoms with van der Waals surface area (Å²) in [5.41, 5.74) is 2.72. The van der Waals surface area contributed by atoms with Crippen molar-refractivity contribution in [2.24, 2.45) is 0 Å². The van der Waals surface area contributed by atoms with E-state index in [2.05, 4.69) is 34.4 Å². The van der Waals surface area contributed by atoms with Gasteiger partial charge in [0.05, 0.1) is 5.56 Å². The number of carbonyl (C=O) groups is 1. The Kier molecular flexibility index (Phi) is 5.76. The highest BCUT2D eigenvalue weighted by Crippen LogP contribution is 2.24. The van der Waals surface area contributed by atoms with Gasteiger partial charge in [0.25, 0.3) is 5.91 Å². The van der Waals surface area contributed by atoms with E-state index in [1.165, 1.54) is 18.5 Å². The number of rotatable bonds is 6. The number of para-hydroxylation sites is 1. The predicted octanol–water partition coefficient (Wildman–Crippen LogP) is 4.60. The summed E-state index contributed by atoms with van der Waals surface area (Å²) >= 11 is 0. The van der Waals surface area contributed by atoms with Crippen molar-refractivity contribution in [1.82, 2.24) is 9.97 Å². The maximum atomic E-state index is 13.6. The summed E-state index contributed by atoms with van der Waals surface area (Å²) in [6.45, 7) is 4.41. The third-order valence-corrected chi connectivity index (χ3v) is 4.14. The number of nitrogens with zero attached hydrogens (tertiary/aromatic N) is 2. The number of benzene rings is 2. The fourth-order valence-electron chi connectivity index (χ4n) is 2.66. The van der Waals surface area contributed by atoms with Gasteiger partial charge in [-0.3, -0.25) is 4.79 Å². The normalized spacial score (nSPS) is 10.7. The molecule has 1 amide bonds. The van der Waals surface area contributed by atoms with Crippen LogP contribution in [0.2, 0.25) is 0 Å². The van der Waals surface area contributed by atoms with E-state index in [0.717, 1.165) is 11.3 Å². The molecule has 2 N–H and O–H groups in total. The van der Waals surface area contributed by atoms with Crippen LogP contribution in [-0.2, 0) is 6.54 Å². The van der Waals surface area contributed by atoms with E-state index in [-0.39, 0.29) is 18.3 Å².